The number of hydrogen-bond acceptors (Lipinski definition) is 3. The van der Waals surface area contributed by atoms with Crippen molar-refractivity contribution in [1.82, 2.24) is 10.3 Å². The fourth-order valence-electron chi connectivity index (χ4n) is 3.71. The Morgan fingerprint density at radius 2 is 1.86 bits per heavy atom. The lowest BCUT2D eigenvalue weighted by molar-refractivity contribution is -0.123. The van der Waals surface area contributed by atoms with Crippen molar-refractivity contribution in [1.29, 1.82) is 0 Å². The van der Waals surface area contributed by atoms with E-state index in [2.05, 4.69) is 11.4 Å². The van der Waals surface area contributed by atoms with Crippen molar-refractivity contribution in [3.63, 3.8) is 0 Å². The molecule has 0 unspecified atom stereocenters. The molecule has 0 bridgehead atoms. The van der Waals surface area contributed by atoms with Crippen LogP contribution in [0.15, 0.2) is 72.3 Å². The molecule has 0 radical (unpaired) electrons. The number of benzene rings is 2. The van der Waals surface area contributed by atoms with Gasteiger partial charge in [-0.15, -0.1) is 0 Å². The van der Waals surface area contributed by atoms with Gasteiger partial charge < -0.3 is 10.1 Å². The minimum absolute atomic E-state index is 0.00127. The Morgan fingerprint density at radius 1 is 1.03 bits per heavy atom. The first-order valence-electron chi connectivity index (χ1n) is 10.3. The molecule has 4 nitrogen and oxygen atoms in total. The van der Waals surface area contributed by atoms with Crippen molar-refractivity contribution >= 4 is 16.8 Å². The zero-order valence-corrected chi connectivity index (χ0v) is 16.6. The van der Waals surface area contributed by atoms with Crippen LogP contribution in [0, 0.1) is 0 Å². The van der Waals surface area contributed by atoms with Gasteiger partial charge in [-0.2, -0.15) is 0 Å². The van der Waals surface area contributed by atoms with Crippen LogP contribution in [0.3, 0.4) is 0 Å². The fraction of sp³-hybridized carbons (Fsp3) is 0.280. The van der Waals surface area contributed by atoms with Crippen LogP contribution < -0.4 is 10.1 Å². The number of nitrogens with zero attached hydrogens (tertiary/aromatic N) is 1. The molecule has 29 heavy (non-hydrogen) atoms. The van der Waals surface area contributed by atoms with Crippen molar-refractivity contribution in [2.24, 2.45) is 0 Å². The van der Waals surface area contributed by atoms with Crippen LogP contribution in [0.5, 0.6) is 5.75 Å². The monoisotopic (exact) mass is 386 g/mol. The molecule has 1 amide bonds. The average molecular weight is 386 g/mol. The summed E-state index contributed by atoms with van der Waals surface area (Å²) in [6.45, 7) is 0.668. The Hall–Kier alpha value is -3.14. The van der Waals surface area contributed by atoms with Gasteiger partial charge in [-0.05, 0) is 44.2 Å². The molecule has 4 rings (SSSR count). The number of carbonyl (C=O) groups is 1. The maximum absolute atomic E-state index is 12.3. The third-order valence-corrected chi connectivity index (χ3v) is 5.26. The number of ether oxygens (including phenoxy) is 1. The number of hydrogen-bond donors (Lipinski definition) is 1. The molecular formula is C25H26N2O2. The van der Waals surface area contributed by atoms with Gasteiger partial charge in [0.1, 0.15) is 5.75 Å². The molecule has 1 N–H and O–H groups in total. The number of para-hydroxylation sites is 1. The van der Waals surface area contributed by atoms with E-state index in [4.69, 9.17) is 9.72 Å². The molecule has 0 fully saturated rings. The van der Waals surface area contributed by atoms with Crippen LogP contribution in [-0.2, 0) is 4.79 Å². The quantitative estimate of drug-likeness (QED) is 0.562. The number of aromatic nitrogens is 1. The van der Waals surface area contributed by atoms with Crippen molar-refractivity contribution in [3.05, 3.63) is 72.3 Å². The Balaban J connectivity index is 1.43. The first-order valence-corrected chi connectivity index (χ1v) is 10.3. The lowest BCUT2D eigenvalue weighted by Crippen LogP contribution is -2.30. The number of carbonyl (C=O) groups excluding carboxylic acids is 1. The molecule has 148 valence electrons. The number of nitrogens with one attached hydrogen (secondary N) is 1. The summed E-state index contributed by atoms with van der Waals surface area (Å²) in [5.41, 5.74) is 4.18. The van der Waals surface area contributed by atoms with Crippen LogP contribution >= 0.6 is 0 Å². The highest BCUT2D eigenvalue weighted by atomic mass is 16.5. The molecule has 2 aromatic carbocycles. The van der Waals surface area contributed by atoms with Crippen LogP contribution in [0.4, 0.5) is 0 Å². The first kappa shape index (κ1) is 19.2. The van der Waals surface area contributed by atoms with Crippen molar-refractivity contribution < 1.29 is 9.53 Å². The van der Waals surface area contributed by atoms with E-state index in [1.807, 2.05) is 60.7 Å². The van der Waals surface area contributed by atoms with Gasteiger partial charge in [0, 0.05) is 23.6 Å². The molecule has 0 saturated carbocycles. The van der Waals surface area contributed by atoms with Crippen molar-refractivity contribution in [2.75, 3.05) is 13.2 Å². The van der Waals surface area contributed by atoms with Gasteiger partial charge >= 0.3 is 0 Å². The molecule has 1 heterocycles. The summed E-state index contributed by atoms with van der Waals surface area (Å²) >= 11 is 0. The van der Waals surface area contributed by atoms with Gasteiger partial charge in [0.2, 0.25) is 0 Å². The van der Waals surface area contributed by atoms with E-state index < -0.39 is 0 Å². The van der Waals surface area contributed by atoms with E-state index in [9.17, 15) is 4.79 Å². The molecule has 0 saturated heterocycles. The minimum atomic E-state index is -0.0939. The summed E-state index contributed by atoms with van der Waals surface area (Å²) < 4.78 is 5.92. The average Bonchev–Trinajstić information content (AvgIpc) is 2.78. The predicted octanol–water partition coefficient (Wildman–Crippen LogP) is 5.29. The summed E-state index contributed by atoms with van der Waals surface area (Å²) in [5, 5.41) is 3.88. The molecule has 0 aliphatic heterocycles. The molecule has 1 aromatic heterocycles. The highest BCUT2D eigenvalue weighted by Gasteiger charge is 2.11. The zero-order valence-electron chi connectivity index (χ0n) is 16.6. The molecule has 0 spiro atoms. The zero-order chi connectivity index (χ0) is 19.9. The van der Waals surface area contributed by atoms with Gasteiger partial charge in [0.25, 0.3) is 5.91 Å². The summed E-state index contributed by atoms with van der Waals surface area (Å²) in [6.07, 6.45) is 8.14. The summed E-state index contributed by atoms with van der Waals surface area (Å²) in [7, 11) is 0. The minimum Gasteiger partial charge on any atom is -0.483 e. The lowest BCUT2D eigenvalue weighted by atomic mass is 9.97. The third kappa shape index (κ3) is 5.02. The van der Waals surface area contributed by atoms with Gasteiger partial charge in [0.15, 0.2) is 6.61 Å². The van der Waals surface area contributed by atoms with Gasteiger partial charge in [-0.3, -0.25) is 4.79 Å². The molecular weight excluding hydrogens is 360 g/mol. The van der Waals surface area contributed by atoms with Crippen LogP contribution in [0.1, 0.15) is 32.1 Å². The second-order valence-electron chi connectivity index (χ2n) is 7.39. The van der Waals surface area contributed by atoms with E-state index in [0.29, 0.717) is 12.3 Å². The smallest absolute Gasteiger partial charge is 0.257 e. The maximum Gasteiger partial charge on any atom is 0.257 e. The number of pyridine rings is 1. The Bertz CT molecular complexity index is 1010. The van der Waals surface area contributed by atoms with Gasteiger partial charge in [0.05, 0.1) is 11.2 Å². The standard InChI is InChI=1S/C25H26N2O2/c28-25(26-16-15-19-9-3-1-4-10-19)18-29-24-17-23(20-11-5-2-6-12-20)27-22-14-8-7-13-21(22)24/h2,5-9,11-14,17H,1,3-4,10,15-16,18H2,(H,26,28). The predicted molar refractivity (Wildman–Crippen MR) is 117 cm³/mol. The van der Waals surface area contributed by atoms with E-state index in [1.54, 1.807) is 0 Å². The van der Waals surface area contributed by atoms with Crippen molar-refractivity contribution in [2.45, 2.75) is 32.1 Å². The largest absolute Gasteiger partial charge is 0.483 e. The maximum atomic E-state index is 12.3. The number of allylic oxidation sites excluding steroid dienone is 1. The molecule has 1 aliphatic rings. The highest BCUT2D eigenvalue weighted by Crippen LogP contribution is 2.30. The molecule has 4 heteroatoms. The Morgan fingerprint density at radius 3 is 2.69 bits per heavy atom. The Labute approximate surface area is 171 Å². The summed E-state index contributed by atoms with van der Waals surface area (Å²) in [4.78, 5) is 17.0. The molecule has 1 aliphatic carbocycles. The SMILES string of the molecule is O=C(COc1cc(-c2ccccc2)nc2ccccc12)NCCC1=CCCCC1. The highest BCUT2D eigenvalue weighted by molar-refractivity contribution is 5.88. The first-order chi connectivity index (χ1) is 14.3. The second-order valence-corrected chi connectivity index (χ2v) is 7.39. The third-order valence-electron chi connectivity index (χ3n) is 5.26. The number of amides is 1. The van der Waals surface area contributed by atoms with Gasteiger partial charge in [-0.25, -0.2) is 4.98 Å². The van der Waals surface area contributed by atoms with E-state index in [-0.39, 0.29) is 12.5 Å². The van der Waals surface area contributed by atoms with Gasteiger partial charge in [-0.1, -0.05) is 54.1 Å². The summed E-state index contributed by atoms with van der Waals surface area (Å²) in [6, 6.07) is 19.8. The topological polar surface area (TPSA) is 51.2 Å². The van der Waals surface area contributed by atoms with Crippen LogP contribution in [0.25, 0.3) is 22.2 Å². The van der Waals surface area contributed by atoms with Crippen LogP contribution in [-0.4, -0.2) is 24.0 Å². The number of fused-ring (bicyclic) bond motifs is 1. The van der Waals surface area contributed by atoms with E-state index in [1.165, 1.54) is 24.8 Å². The second kappa shape index (κ2) is 9.37. The number of rotatable bonds is 7. The molecule has 3 aromatic rings. The Kier molecular flexibility index (Phi) is 6.20. The lowest BCUT2D eigenvalue weighted by Gasteiger charge is -2.14. The van der Waals surface area contributed by atoms with Crippen LogP contribution in [0.2, 0.25) is 0 Å². The molecule has 0 atom stereocenters. The fourth-order valence-corrected chi connectivity index (χ4v) is 3.71. The van der Waals surface area contributed by atoms with E-state index in [0.717, 1.165) is 35.0 Å². The van der Waals surface area contributed by atoms with Crippen molar-refractivity contribution in [3.8, 4) is 17.0 Å². The van der Waals surface area contributed by atoms with E-state index >= 15 is 0 Å². The summed E-state index contributed by atoms with van der Waals surface area (Å²) in [5.74, 6) is 0.586. The normalized spacial score (nSPS) is 13.7.